The summed E-state index contributed by atoms with van der Waals surface area (Å²) in [6, 6.07) is 15.9. The zero-order valence-electron chi connectivity index (χ0n) is 29.2. The standard InChI is InChI=1S/C40H60O7/c1-4-5-6-7-8-9-10-11-12-13-14-15-16-17-18-19-36(42)43-28-34(41)37-38-35(45-40(46-37)33-26-22-31(3)23-27-33)29-44-39(47-38)32-24-20-30(2)21-25-32/h20-27,34-35,37-41H,4-19,28-29H2,1-3H3. The van der Waals surface area contributed by atoms with Crippen molar-refractivity contribution in [2.45, 2.75) is 161 Å². The van der Waals surface area contributed by atoms with Gasteiger partial charge in [0.15, 0.2) is 12.6 Å². The Kier molecular flexibility index (Phi) is 16.7. The number of ether oxygens (including phenoxy) is 5. The summed E-state index contributed by atoms with van der Waals surface area (Å²) in [6.07, 6.45) is 15.4. The van der Waals surface area contributed by atoms with Crippen molar-refractivity contribution in [1.82, 2.24) is 0 Å². The van der Waals surface area contributed by atoms with Crippen molar-refractivity contribution < 1.29 is 33.6 Å². The van der Waals surface area contributed by atoms with Crippen molar-refractivity contribution in [1.29, 1.82) is 0 Å². The van der Waals surface area contributed by atoms with E-state index >= 15 is 0 Å². The number of fused-ring (bicyclic) bond motifs is 1. The van der Waals surface area contributed by atoms with Gasteiger partial charge in [-0.1, -0.05) is 156 Å². The summed E-state index contributed by atoms with van der Waals surface area (Å²) in [4.78, 5) is 12.6. The summed E-state index contributed by atoms with van der Waals surface area (Å²) in [5.41, 5.74) is 4.01. The fourth-order valence-corrected chi connectivity index (χ4v) is 6.44. The molecule has 1 N–H and O–H groups in total. The lowest BCUT2D eigenvalue weighted by atomic mass is 9.99. The highest BCUT2D eigenvalue weighted by atomic mass is 16.8. The zero-order valence-corrected chi connectivity index (χ0v) is 29.2. The molecule has 0 aliphatic carbocycles. The first-order valence-electron chi connectivity index (χ1n) is 18.5. The van der Waals surface area contributed by atoms with Gasteiger partial charge in [0.2, 0.25) is 0 Å². The van der Waals surface area contributed by atoms with Crippen LogP contribution in [0.4, 0.5) is 0 Å². The van der Waals surface area contributed by atoms with Crippen molar-refractivity contribution >= 4 is 5.97 Å². The van der Waals surface area contributed by atoms with E-state index in [0.717, 1.165) is 41.5 Å². The van der Waals surface area contributed by atoms with E-state index in [1.165, 1.54) is 77.0 Å². The number of aliphatic hydroxyl groups excluding tert-OH is 1. The van der Waals surface area contributed by atoms with E-state index in [9.17, 15) is 9.90 Å². The summed E-state index contributed by atoms with van der Waals surface area (Å²) in [6.45, 7) is 6.45. The summed E-state index contributed by atoms with van der Waals surface area (Å²) in [7, 11) is 0. The Morgan fingerprint density at radius 3 is 1.72 bits per heavy atom. The fourth-order valence-electron chi connectivity index (χ4n) is 6.44. The van der Waals surface area contributed by atoms with Crippen LogP contribution in [0.5, 0.6) is 0 Å². The molecule has 2 aliphatic heterocycles. The van der Waals surface area contributed by atoms with Crippen LogP contribution in [0.2, 0.25) is 0 Å². The monoisotopic (exact) mass is 652 g/mol. The molecule has 7 nitrogen and oxygen atoms in total. The molecule has 0 radical (unpaired) electrons. The number of aliphatic hydroxyl groups is 1. The quantitative estimate of drug-likeness (QED) is 0.106. The molecule has 0 aromatic heterocycles. The zero-order chi connectivity index (χ0) is 33.3. The van der Waals surface area contributed by atoms with E-state index in [1.54, 1.807) is 0 Å². The molecule has 7 heteroatoms. The molecule has 0 amide bonds. The van der Waals surface area contributed by atoms with Crippen molar-refractivity contribution in [3.05, 3.63) is 70.8 Å². The molecule has 2 aromatic rings. The molecule has 0 bridgehead atoms. The van der Waals surface area contributed by atoms with Gasteiger partial charge in [-0.2, -0.15) is 0 Å². The summed E-state index contributed by atoms with van der Waals surface area (Å²) >= 11 is 0. The number of unbranched alkanes of at least 4 members (excludes halogenated alkanes) is 14. The molecule has 4 rings (SSSR count). The molecule has 47 heavy (non-hydrogen) atoms. The maximum Gasteiger partial charge on any atom is 0.305 e. The fraction of sp³-hybridized carbons (Fsp3) is 0.675. The van der Waals surface area contributed by atoms with Crippen molar-refractivity contribution in [3.63, 3.8) is 0 Å². The van der Waals surface area contributed by atoms with Crippen molar-refractivity contribution in [2.24, 2.45) is 0 Å². The molecule has 6 atom stereocenters. The highest BCUT2D eigenvalue weighted by Crippen LogP contribution is 2.39. The van der Waals surface area contributed by atoms with Crippen LogP contribution in [0, 0.1) is 13.8 Å². The molecule has 2 heterocycles. The van der Waals surface area contributed by atoms with Gasteiger partial charge in [-0.15, -0.1) is 0 Å². The minimum absolute atomic E-state index is 0.161. The predicted molar refractivity (Wildman–Crippen MR) is 185 cm³/mol. The summed E-state index contributed by atoms with van der Waals surface area (Å²) in [5, 5.41) is 11.3. The van der Waals surface area contributed by atoms with Crippen LogP contribution in [0.15, 0.2) is 48.5 Å². The van der Waals surface area contributed by atoms with Crippen LogP contribution in [0.1, 0.15) is 144 Å². The van der Waals surface area contributed by atoms with Gasteiger partial charge in [0.05, 0.1) is 6.61 Å². The molecule has 2 aliphatic rings. The molecule has 2 saturated heterocycles. The predicted octanol–water partition coefficient (Wildman–Crippen LogP) is 9.37. The lowest BCUT2D eigenvalue weighted by Gasteiger charge is -2.47. The molecule has 262 valence electrons. The van der Waals surface area contributed by atoms with Crippen LogP contribution in [0.3, 0.4) is 0 Å². The van der Waals surface area contributed by atoms with Gasteiger partial charge >= 0.3 is 5.97 Å². The van der Waals surface area contributed by atoms with Crippen LogP contribution >= 0.6 is 0 Å². The maximum absolute atomic E-state index is 12.6. The first kappa shape index (κ1) is 37.5. The van der Waals surface area contributed by atoms with Crippen LogP contribution in [0.25, 0.3) is 0 Å². The Hall–Kier alpha value is -2.29. The molecule has 2 fully saturated rings. The van der Waals surface area contributed by atoms with Gasteiger partial charge < -0.3 is 28.8 Å². The third kappa shape index (κ3) is 12.9. The Morgan fingerprint density at radius 2 is 1.19 bits per heavy atom. The van der Waals surface area contributed by atoms with E-state index in [2.05, 4.69) is 6.92 Å². The van der Waals surface area contributed by atoms with Gasteiger partial charge in [-0.3, -0.25) is 4.79 Å². The molecule has 2 aromatic carbocycles. The molecule has 6 unspecified atom stereocenters. The number of carbonyl (C=O) groups is 1. The third-order valence-electron chi connectivity index (χ3n) is 9.44. The highest BCUT2D eigenvalue weighted by molar-refractivity contribution is 5.69. The lowest BCUT2D eigenvalue weighted by molar-refractivity contribution is -0.373. The SMILES string of the molecule is CCCCCCCCCCCCCCCCCC(=O)OCC(O)C1OC(c2ccc(C)cc2)OC2COC(c3ccc(C)cc3)OC21. The average molecular weight is 653 g/mol. The van der Waals surface area contributed by atoms with E-state index in [1.807, 2.05) is 62.4 Å². The minimum Gasteiger partial charge on any atom is -0.463 e. The Balaban J connectivity index is 1.16. The number of aryl methyl sites for hydroxylation is 2. The number of hydrogen-bond donors (Lipinski definition) is 1. The van der Waals surface area contributed by atoms with Crippen LogP contribution in [-0.2, 0) is 28.5 Å². The van der Waals surface area contributed by atoms with Crippen LogP contribution in [-0.4, -0.2) is 48.7 Å². The number of hydrogen-bond acceptors (Lipinski definition) is 7. The normalized spacial score (nSPS) is 23.3. The molecule has 0 saturated carbocycles. The van der Waals surface area contributed by atoms with Gasteiger partial charge in [0.1, 0.15) is 31.0 Å². The number of benzene rings is 2. The molecular formula is C40H60O7. The van der Waals surface area contributed by atoms with Gasteiger partial charge in [0.25, 0.3) is 0 Å². The largest absolute Gasteiger partial charge is 0.463 e. The number of esters is 1. The van der Waals surface area contributed by atoms with E-state index < -0.39 is 37.0 Å². The average Bonchev–Trinajstić information content (AvgIpc) is 3.09. The van der Waals surface area contributed by atoms with E-state index in [0.29, 0.717) is 6.42 Å². The van der Waals surface area contributed by atoms with Gasteiger partial charge in [-0.25, -0.2) is 0 Å². The smallest absolute Gasteiger partial charge is 0.305 e. The number of carbonyl (C=O) groups excluding carboxylic acids is 1. The van der Waals surface area contributed by atoms with Gasteiger partial charge in [0, 0.05) is 17.5 Å². The second-order valence-corrected chi connectivity index (χ2v) is 13.6. The first-order valence-corrected chi connectivity index (χ1v) is 18.5. The minimum atomic E-state index is -1.08. The molecule has 0 spiro atoms. The Labute approximate surface area is 283 Å². The van der Waals surface area contributed by atoms with Gasteiger partial charge in [-0.05, 0) is 20.3 Å². The van der Waals surface area contributed by atoms with Crippen molar-refractivity contribution in [3.8, 4) is 0 Å². The van der Waals surface area contributed by atoms with E-state index in [-0.39, 0.29) is 19.2 Å². The number of rotatable bonds is 21. The summed E-state index contributed by atoms with van der Waals surface area (Å²) in [5.74, 6) is -0.289. The molecular weight excluding hydrogens is 592 g/mol. The highest BCUT2D eigenvalue weighted by Gasteiger charge is 2.48. The third-order valence-corrected chi connectivity index (χ3v) is 9.44. The van der Waals surface area contributed by atoms with Crippen LogP contribution < -0.4 is 0 Å². The Morgan fingerprint density at radius 1 is 0.702 bits per heavy atom. The lowest BCUT2D eigenvalue weighted by Crippen LogP contribution is -2.58. The summed E-state index contributed by atoms with van der Waals surface area (Å²) < 4.78 is 30.5. The maximum atomic E-state index is 12.6. The van der Waals surface area contributed by atoms with Crippen molar-refractivity contribution in [2.75, 3.05) is 13.2 Å². The second-order valence-electron chi connectivity index (χ2n) is 13.6. The Bertz CT molecular complexity index is 1130. The van der Waals surface area contributed by atoms with E-state index in [4.69, 9.17) is 23.7 Å². The second kappa shape index (κ2) is 20.9. The topological polar surface area (TPSA) is 83.5 Å². The first-order chi connectivity index (χ1) is 22.9.